The van der Waals surface area contributed by atoms with E-state index in [1.54, 1.807) is 18.2 Å². The first-order chi connectivity index (χ1) is 11.9. The molecule has 1 fully saturated rings. The average molecular weight is 372 g/mol. The number of halogens is 1. The quantitative estimate of drug-likeness (QED) is 0.589. The summed E-state index contributed by atoms with van der Waals surface area (Å²) in [6, 6.07) is 5.98. The molecule has 1 aromatic carbocycles. The van der Waals surface area contributed by atoms with Crippen molar-refractivity contribution in [2.45, 2.75) is 18.9 Å². The number of benzene rings is 1. The fourth-order valence-electron chi connectivity index (χ4n) is 2.90. The van der Waals surface area contributed by atoms with Crippen LogP contribution in [0.4, 0.5) is 9.18 Å². The van der Waals surface area contributed by atoms with Crippen molar-refractivity contribution in [2.75, 3.05) is 39.0 Å². The van der Waals surface area contributed by atoms with Crippen molar-refractivity contribution in [1.82, 2.24) is 20.3 Å². The number of nitrogens with one attached hydrogen (secondary N) is 3. The lowest BCUT2D eigenvalue weighted by Gasteiger charge is -2.28. The van der Waals surface area contributed by atoms with Crippen LogP contribution in [0, 0.1) is 5.82 Å². The molecule has 2 amide bonds. The molecule has 0 bridgehead atoms. The Morgan fingerprint density at radius 2 is 1.88 bits per heavy atom. The molecule has 0 spiro atoms. The van der Waals surface area contributed by atoms with Gasteiger partial charge in [0.25, 0.3) is 0 Å². The first-order valence-electron chi connectivity index (χ1n) is 8.31. The zero-order chi connectivity index (χ0) is 18.3. The number of likely N-dealkylation sites (tertiary alicyclic amines) is 1. The molecule has 0 saturated carbocycles. The van der Waals surface area contributed by atoms with Crippen LogP contribution in [0.5, 0.6) is 0 Å². The number of hydrogen-bond acceptors (Lipinski definition) is 4. The van der Waals surface area contributed by atoms with Crippen LogP contribution >= 0.6 is 0 Å². The van der Waals surface area contributed by atoms with E-state index in [0.29, 0.717) is 5.56 Å². The standard InChI is InChI=1S/C16H25FN4O3S/c1-25(23,24)20-9-8-18-16(22)19-12-15(21-10-4-5-11-21)13-6-2-3-7-14(13)17/h2-3,6-7,15,20H,4-5,8-12H2,1H3,(H2,18,19,22)/t15-/m0/s1. The predicted octanol–water partition coefficient (Wildman–Crippen LogP) is 0.811. The Labute approximate surface area is 148 Å². The van der Waals surface area contributed by atoms with Crippen LogP contribution in [0.1, 0.15) is 24.4 Å². The first kappa shape index (κ1) is 19.6. The van der Waals surface area contributed by atoms with Gasteiger partial charge in [0, 0.05) is 25.2 Å². The van der Waals surface area contributed by atoms with Gasteiger partial charge in [-0.15, -0.1) is 0 Å². The van der Waals surface area contributed by atoms with Crippen LogP contribution in [-0.4, -0.2) is 58.3 Å². The highest BCUT2D eigenvalue weighted by molar-refractivity contribution is 7.88. The summed E-state index contributed by atoms with van der Waals surface area (Å²) >= 11 is 0. The number of carbonyl (C=O) groups is 1. The van der Waals surface area contributed by atoms with Gasteiger partial charge in [0.1, 0.15) is 5.82 Å². The molecule has 1 atom stereocenters. The van der Waals surface area contributed by atoms with E-state index in [1.165, 1.54) is 6.07 Å². The lowest BCUT2D eigenvalue weighted by molar-refractivity contribution is 0.218. The smallest absolute Gasteiger partial charge is 0.314 e. The third-order valence-corrected chi connectivity index (χ3v) is 4.80. The molecule has 140 valence electrons. The van der Waals surface area contributed by atoms with Crippen LogP contribution in [0.15, 0.2) is 24.3 Å². The van der Waals surface area contributed by atoms with E-state index in [1.807, 2.05) is 0 Å². The summed E-state index contributed by atoms with van der Waals surface area (Å²) in [5.41, 5.74) is 0.573. The number of nitrogens with zero attached hydrogens (tertiary/aromatic N) is 1. The molecule has 1 heterocycles. The Kier molecular flexibility index (Phi) is 7.15. The van der Waals surface area contributed by atoms with Crippen LogP contribution in [0.3, 0.4) is 0 Å². The number of amides is 2. The van der Waals surface area contributed by atoms with Gasteiger partial charge in [0.05, 0.1) is 12.3 Å². The summed E-state index contributed by atoms with van der Waals surface area (Å²) in [6.07, 6.45) is 3.19. The maximum atomic E-state index is 14.2. The van der Waals surface area contributed by atoms with E-state index in [2.05, 4.69) is 20.3 Å². The molecule has 0 aromatic heterocycles. The minimum absolute atomic E-state index is 0.120. The molecule has 0 unspecified atom stereocenters. The van der Waals surface area contributed by atoms with E-state index in [4.69, 9.17) is 0 Å². The molecule has 1 aromatic rings. The predicted molar refractivity (Wildman–Crippen MR) is 94.2 cm³/mol. The molecule has 1 saturated heterocycles. The van der Waals surface area contributed by atoms with Crippen molar-refractivity contribution in [2.24, 2.45) is 0 Å². The number of sulfonamides is 1. The molecule has 0 radical (unpaired) electrons. The highest BCUT2D eigenvalue weighted by Crippen LogP contribution is 2.26. The van der Waals surface area contributed by atoms with Gasteiger partial charge in [-0.2, -0.15) is 0 Å². The second kappa shape index (κ2) is 9.12. The Balaban J connectivity index is 1.87. The van der Waals surface area contributed by atoms with Gasteiger partial charge in [-0.25, -0.2) is 22.3 Å². The van der Waals surface area contributed by atoms with E-state index < -0.39 is 16.1 Å². The van der Waals surface area contributed by atoms with Gasteiger partial charge in [-0.05, 0) is 32.0 Å². The summed E-state index contributed by atoms with van der Waals surface area (Å²) in [5, 5.41) is 5.33. The number of carbonyl (C=O) groups excluding carboxylic acids is 1. The van der Waals surface area contributed by atoms with Crippen LogP contribution in [0.2, 0.25) is 0 Å². The number of rotatable bonds is 8. The van der Waals surface area contributed by atoms with E-state index in [-0.39, 0.29) is 31.5 Å². The summed E-state index contributed by atoms with van der Waals surface area (Å²) in [6.45, 7) is 2.33. The summed E-state index contributed by atoms with van der Waals surface area (Å²) in [7, 11) is -3.27. The van der Waals surface area contributed by atoms with Crippen molar-refractivity contribution in [1.29, 1.82) is 0 Å². The largest absolute Gasteiger partial charge is 0.337 e. The minimum Gasteiger partial charge on any atom is -0.337 e. The Bertz CT molecular complexity index is 678. The molecule has 1 aliphatic heterocycles. The van der Waals surface area contributed by atoms with Gasteiger partial charge >= 0.3 is 6.03 Å². The molecular weight excluding hydrogens is 347 g/mol. The van der Waals surface area contributed by atoms with E-state index in [9.17, 15) is 17.6 Å². The topological polar surface area (TPSA) is 90.5 Å². The molecular formula is C16H25FN4O3S. The van der Waals surface area contributed by atoms with Crippen LogP contribution in [0.25, 0.3) is 0 Å². The second-order valence-corrected chi connectivity index (χ2v) is 7.92. The zero-order valence-electron chi connectivity index (χ0n) is 14.3. The second-order valence-electron chi connectivity index (χ2n) is 6.08. The molecule has 1 aliphatic rings. The monoisotopic (exact) mass is 372 g/mol. The number of hydrogen-bond donors (Lipinski definition) is 3. The zero-order valence-corrected chi connectivity index (χ0v) is 15.1. The summed E-state index contributed by atoms with van der Waals surface area (Å²) in [5.74, 6) is -0.279. The van der Waals surface area contributed by atoms with Crippen molar-refractivity contribution >= 4 is 16.1 Å². The fourth-order valence-corrected chi connectivity index (χ4v) is 3.37. The molecule has 9 heteroatoms. The van der Waals surface area contributed by atoms with Gasteiger partial charge in [0.2, 0.25) is 10.0 Å². The third-order valence-electron chi connectivity index (χ3n) is 4.08. The Morgan fingerprint density at radius 1 is 1.20 bits per heavy atom. The highest BCUT2D eigenvalue weighted by atomic mass is 32.2. The summed E-state index contributed by atoms with van der Waals surface area (Å²) < 4.78 is 38.3. The van der Waals surface area contributed by atoms with Crippen molar-refractivity contribution in [3.8, 4) is 0 Å². The lowest BCUT2D eigenvalue weighted by atomic mass is 10.0. The first-order valence-corrected chi connectivity index (χ1v) is 10.2. The van der Waals surface area contributed by atoms with E-state index >= 15 is 0 Å². The number of urea groups is 1. The lowest BCUT2D eigenvalue weighted by Crippen LogP contribution is -2.43. The maximum Gasteiger partial charge on any atom is 0.314 e. The Hall–Kier alpha value is -1.71. The maximum absolute atomic E-state index is 14.2. The summed E-state index contributed by atoms with van der Waals surface area (Å²) in [4.78, 5) is 14.1. The van der Waals surface area contributed by atoms with Crippen molar-refractivity contribution in [3.63, 3.8) is 0 Å². The van der Waals surface area contributed by atoms with Crippen LogP contribution < -0.4 is 15.4 Å². The third kappa shape index (κ3) is 6.60. The molecule has 0 aliphatic carbocycles. The normalized spacial score (nSPS) is 16.6. The van der Waals surface area contributed by atoms with Crippen molar-refractivity contribution < 1.29 is 17.6 Å². The fraction of sp³-hybridized carbons (Fsp3) is 0.562. The highest BCUT2D eigenvalue weighted by Gasteiger charge is 2.25. The molecule has 2 rings (SSSR count). The molecule has 3 N–H and O–H groups in total. The Morgan fingerprint density at radius 3 is 2.52 bits per heavy atom. The van der Waals surface area contributed by atoms with Gasteiger partial charge in [-0.1, -0.05) is 18.2 Å². The van der Waals surface area contributed by atoms with Crippen molar-refractivity contribution in [3.05, 3.63) is 35.6 Å². The van der Waals surface area contributed by atoms with E-state index in [0.717, 1.165) is 32.2 Å². The molecule has 25 heavy (non-hydrogen) atoms. The average Bonchev–Trinajstić information content (AvgIpc) is 3.07. The minimum atomic E-state index is -3.27. The van der Waals surface area contributed by atoms with Crippen LogP contribution in [-0.2, 0) is 10.0 Å². The SMILES string of the molecule is CS(=O)(=O)NCCNC(=O)NC[C@@H](c1ccccc1F)N1CCCC1. The molecule has 7 nitrogen and oxygen atoms in total. The van der Waals surface area contributed by atoms with Gasteiger partial charge in [0.15, 0.2) is 0 Å². The van der Waals surface area contributed by atoms with Gasteiger partial charge in [-0.3, -0.25) is 4.90 Å². The van der Waals surface area contributed by atoms with Gasteiger partial charge < -0.3 is 10.6 Å².